The first-order valence-corrected chi connectivity index (χ1v) is 11.6. The van der Waals surface area contributed by atoms with E-state index in [1.54, 1.807) is 23.1 Å². The van der Waals surface area contributed by atoms with Gasteiger partial charge in [0, 0.05) is 11.6 Å². The molecule has 0 fully saturated rings. The van der Waals surface area contributed by atoms with Gasteiger partial charge in [-0.2, -0.15) is 0 Å². The van der Waals surface area contributed by atoms with Gasteiger partial charge in [-0.05, 0) is 71.7 Å². The van der Waals surface area contributed by atoms with Crippen molar-refractivity contribution in [2.45, 2.75) is 72.6 Å². The summed E-state index contributed by atoms with van der Waals surface area (Å²) in [5.74, 6) is 0.739. The number of carbonyl (C=O) groups is 1. The van der Waals surface area contributed by atoms with Crippen molar-refractivity contribution >= 4 is 5.91 Å². The highest BCUT2D eigenvalue weighted by molar-refractivity contribution is 5.91. The zero-order chi connectivity index (χ0) is 22.8. The number of quaternary nitrogens is 2. The number of hydrogen-bond acceptors (Lipinski definition) is 2. The van der Waals surface area contributed by atoms with Crippen molar-refractivity contribution in [3.63, 3.8) is 0 Å². The molecule has 0 radical (unpaired) electrons. The van der Waals surface area contributed by atoms with Gasteiger partial charge >= 0.3 is 0 Å². The lowest BCUT2D eigenvalue weighted by atomic mass is 10.1. The Balaban J connectivity index is 1.88. The number of amides is 1. The molecule has 31 heavy (non-hydrogen) atoms. The Morgan fingerprint density at radius 2 is 1.84 bits per heavy atom. The highest BCUT2D eigenvalue weighted by Gasteiger charge is 2.20. The van der Waals surface area contributed by atoms with Crippen LogP contribution in [0.5, 0.6) is 0 Å². The molecular formula is C25H40FN3O2+2. The van der Waals surface area contributed by atoms with E-state index in [0.717, 1.165) is 43.8 Å². The molecule has 0 aliphatic heterocycles. The van der Waals surface area contributed by atoms with Crippen LogP contribution in [-0.4, -0.2) is 37.6 Å². The highest BCUT2D eigenvalue weighted by Crippen LogP contribution is 2.09. The summed E-state index contributed by atoms with van der Waals surface area (Å²) < 4.78 is 19.4. The number of halogens is 1. The molecule has 1 heterocycles. The summed E-state index contributed by atoms with van der Waals surface area (Å²) in [7, 11) is 0. The summed E-state index contributed by atoms with van der Waals surface area (Å²) in [6.45, 7) is 15.5. The van der Waals surface area contributed by atoms with Crippen LogP contribution < -0.4 is 15.1 Å². The quantitative estimate of drug-likeness (QED) is 0.454. The average molecular weight is 434 g/mol. The number of hydrogen-bond donors (Lipinski definition) is 3. The van der Waals surface area contributed by atoms with Crippen LogP contribution in [0.25, 0.3) is 0 Å². The third-order valence-electron chi connectivity index (χ3n) is 5.97. The van der Waals surface area contributed by atoms with Crippen LogP contribution in [-0.2, 0) is 13.1 Å². The lowest BCUT2D eigenvalue weighted by molar-refractivity contribution is -0.949. The predicted octanol–water partition coefficient (Wildman–Crippen LogP) is 2.24. The predicted molar refractivity (Wildman–Crippen MR) is 122 cm³/mol. The molecule has 0 aliphatic carbocycles. The van der Waals surface area contributed by atoms with E-state index in [1.165, 1.54) is 11.0 Å². The molecule has 0 bridgehead atoms. The van der Waals surface area contributed by atoms with Crippen LogP contribution in [0.1, 0.15) is 69.3 Å². The van der Waals surface area contributed by atoms with Crippen molar-refractivity contribution in [3.05, 3.63) is 59.3 Å². The van der Waals surface area contributed by atoms with E-state index >= 15 is 0 Å². The van der Waals surface area contributed by atoms with Gasteiger partial charge in [0.25, 0.3) is 5.91 Å². The Hall–Kier alpha value is -2.18. The zero-order valence-corrected chi connectivity index (χ0v) is 19.8. The second kappa shape index (κ2) is 12.6. The Morgan fingerprint density at radius 1 is 1.10 bits per heavy atom. The van der Waals surface area contributed by atoms with E-state index in [4.69, 9.17) is 4.42 Å². The van der Waals surface area contributed by atoms with Gasteiger partial charge in [0.15, 0.2) is 11.5 Å². The summed E-state index contributed by atoms with van der Waals surface area (Å²) in [6, 6.07) is 10.8. The van der Waals surface area contributed by atoms with Crippen LogP contribution >= 0.6 is 0 Å². The van der Waals surface area contributed by atoms with Gasteiger partial charge < -0.3 is 19.5 Å². The average Bonchev–Trinajstić information content (AvgIpc) is 3.19. The van der Waals surface area contributed by atoms with Crippen molar-refractivity contribution in [2.24, 2.45) is 0 Å². The van der Waals surface area contributed by atoms with Gasteiger partial charge in [0.2, 0.25) is 0 Å². The maximum Gasteiger partial charge on any atom is 0.287 e. The molecule has 1 aromatic heterocycles. The van der Waals surface area contributed by atoms with Gasteiger partial charge in [0.05, 0.1) is 25.7 Å². The first-order valence-electron chi connectivity index (χ1n) is 11.6. The summed E-state index contributed by atoms with van der Waals surface area (Å²) in [5.41, 5.74) is 0.952. The van der Waals surface area contributed by atoms with Crippen LogP contribution in [0.15, 0.2) is 40.8 Å². The molecule has 5 nitrogen and oxygen atoms in total. The monoisotopic (exact) mass is 433 g/mol. The molecule has 0 aliphatic rings. The van der Waals surface area contributed by atoms with Gasteiger partial charge in [-0.1, -0.05) is 12.1 Å². The fourth-order valence-electron chi connectivity index (χ4n) is 3.83. The number of carbonyl (C=O) groups excluding carboxylic acids is 1. The molecule has 0 saturated carbocycles. The molecule has 0 saturated heterocycles. The highest BCUT2D eigenvalue weighted by atomic mass is 19.1. The maximum absolute atomic E-state index is 13.5. The maximum atomic E-state index is 13.5. The first-order chi connectivity index (χ1) is 14.8. The number of nitrogens with one attached hydrogen (secondary N) is 3. The SMILES string of the molecule is CC[NH+](CC)CCC[C@@H](C)NC(=O)c1ccc(C[NH+](Cc2cccc(F)c2)C(C)C)o1. The Morgan fingerprint density at radius 3 is 2.48 bits per heavy atom. The summed E-state index contributed by atoms with van der Waals surface area (Å²) in [4.78, 5) is 15.4. The topological polar surface area (TPSA) is 51.1 Å². The normalized spacial score (nSPS) is 13.5. The van der Waals surface area contributed by atoms with Crippen molar-refractivity contribution in [1.29, 1.82) is 0 Å². The molecule has 3 N–H and O–H groups in total. The van der Waals surface area contributed by atoms with Crippen LogP contribution in [0, 0.1) is 5.82 Å². The smallest absolute Gasteiger partial charge is 0.287 e. The molecule has 0 spiro atoms. The first kappa shape index (κ1) is 25.1. The second-order valence-electron chi connectivity index (χ2n) is 8.79. The summed E-state index contributed by atoms with van der Waals surface area (Å²) >= 11 is 0. The Bertz CT molecular complexity index is 802. The third-order valence-corrected chi connectivity index (χ3v) is 5.97. The molecule has 2 aromatic rings. The van der Waals surface area contributed by atoms with Crippen molar-refractivity contribution in [1.82, 2.24) is 5.32 Å². The molecule has 2 rings (SSSR count). The zero-order valence-electron chi connectivity index (χ0n) is 19.8. The Labute approximate surface area is 186 Å². The van der Waals surface area contributed by atoms with E-state index in [2.05, 4.69) is 33.0 Å². The molecular weight excluding hydrogens is 393 g/mol. The largest absolute Gasteiger partial charge is 0.450 e. The van der Waals surface area contributed by atoms with E-state index in [0.29, 0.717) is 24.9 Å². The minimum Gasteiger partial charge on any atom is -0.450 e. The van der Waals surface area contributed by atoms with Gasteiger partial charge in [-0.25, -0.2) is 4.39 Å². The van der Waals surface area contributed by atoms with E-state index in [-0.39, 0.29) is 17.8 Å². The van der Waals surface area contributed by atoms with Gasteiger partial charge in [-0.15, -0.1) is 0 Å². The lowest BCUT2D eigenvalue weighted by Crippen LogP contribution is -3.12. The molecule has 1 amide bonds. The molecule has 1 unspecified atom stereocenters. The summed E-state index contributed by atoms with van der Waals surface area (Å²) in [5, 5.41) is 3.05. The van der Waals surface area contributed by atoms with Crippen LogP contribution in [0.4, 0.5) is 4.39 Å². The molecule has 2 atom stereocenters. The Kier molecular flexibility index (Phi) is 10.2. The fourth-order valence-corrected chi connectivity index (χ4v) is 3.83. The van der Waals surface area contributed by atoms with Crippen molar-refractivity contribution in [2.75, 3.05) is 19.6 Å². The lowest BCUT2D eigenvalue weighted by Gasteiger charge is -2.22. The molecule has 1 aromatic carbocycles. The van der Waals surface area contributed by atoms with Crippen molar-refractivity contribution < 1.29 is 23.4 Å². The molecule has 172 valence electrons. The minimum atomic E-state index is -0.217. The number of furan rings is 1. The second-order valence-corrected chi connectivity index (χ2v) is 8.79. The minimum absolute atomic E-state index is 0.113. The number of benzene rings is 1. The van der Waals surface area contributed by atoms with Crippen LogP contribution in [0.3, 0.4) is 0 Å². The van der Waals surface area contributed by atoms with Gasteiger partial charge in [-0.3, -0.25) is 4.79 Å². The van der Waals surface area contributed by atoms with Gasteiger partial charge in [0.1, 0.15) is 18.9 Å². The van der Waals surface area contributed by atoms with E-state index < -0.39 is 0 Å². The van der Waals surface area contributed by atoms with Crippen molar-refractivity contribution in [3.8, 4) is 0 Å². The fraction of sp³-hybridized carbons (Fsp3) is 0.560. The third kappa shape index (κ3) is 8.46. The van der Waals surface area contributed by atoms with Crippen LogP contribution in [0.2, 0.25) is 0 Å². The molecule has 6 heteroatoms. The number of rotatable bonds is 13. The van der Waals surface area contributed by atoms with E-state index in [1.807, 2.05) is 19.1 Å². The standard InChI is InChI=1S/C25H38FN3O2/c1-6-28(7-2)15-9-10-20(5)27-25(30)24-14-13-23(31-24)18-29(19(3)4)17-21-11-8-12-22(26)16-21/h8,11-14,16,19-20H,6-7,9-10,15,17-18H2,1-5H3,(H,27,30)/p+2/t20-/m1/s1. The van der Waals surface area contributed by atoms with E-state index in [9.17, 15) is 9.18 Å². The summed E-state index contributed by atoms with van der Waals surface area (Å²) in [6.07, 6.45) is 2.05.